The van der Waals surface area contributed by atoms with Gasteiger partial charge < -0.3 is 9.84 Å². The largest absolute Gasteiger partial charge is 0.484 e. The van der Waals surface area contributed by atoms with E-state index in [1.165, 1.54) is 5.56 Å². The Morgan fingerprint density at radius 2 is 1.80 bits per heavy atom. The highest BCUT2D eigenvalue weighted by molar-refractivity contribution is 5.54. The van der Waals surface area contributed by atoms with E-state index in [0.717, 1.165) is 22.4 Å². The number of aliphatic hydroxyl groups excluding tert-OH is 1. The number of aliphatic hydroxyl groups is 1. The molecule has 0 radical (unpaired) electrons. The molecule has 1 N–H and O–H groups in total. The lowest BCUT2D eigenvalue weighted by atomic mass is 9.92. The molecule has 1 aromatic rings. The van der Waals surface area contributed by atoms with Gasteiger partial charge in [-0.1, -0.05) is 6.07 Å². The van der Waals surface area contributed by atoms with Crippen molar-refractivity contribution in [1.82, 2.24) is 0 Å². The summed E-state index contributed by atoms with van der Waals surface area (Å²) in [6, 6.07) is 2.11. The monoisotopic (exact) mass is 206 g/mol. The Hall–Kier alpha value is -1.02. The predicted octanol–water partition coefficient (Wildman–Crippen LogP) is 2.82. The number of hydrogen-bond acceptors (Lipinski definition) is 2. The van der Waals surface area contributed by atoms with Crippen LogP contribution in [-0.2, 0) is 0 Å². The number of ether oxygens (including phenoxy) is 1. The van der Waals surface area contributed by atoms with E-state index in [9.17, 15) is 5.11 Å². The molecule has 82 valence electrons. The molecule has 1 atom stereocenters. The molecule has 0 bridgehead atoms. The van der Waals surface area contributed by atoms with Crippen LogP contribution < -0.4 is 4.74 Å². The van der Waals surface area contributed by atoms with Crippen molar-refractivity contribution < 1.29 is 9.84 Å². The van der Waals surface area contributed by atoms with Crippen molar-refractivity contribution in [3.63, 3.8) is 0 Å². The maximum absolute atomic E-state index is 10.2. The van der Waals surface area contributed by atoms with E-state index in [0.29, 0.717) is 0 Å². The summed E-state index contributed by atoms with van der Waals surface area (Å²) in [5, 5.41) is 10.2. The van der Waals surface area contributed by atoms with Crippen molar-refractivity contribution in [1.29, 1.82) is 0 Å². The van der Waals surface area contributed by atoms with Crippen LogP contribution in [0.2, 0.25) is 0 Å². The Bertz CT molecular complexity index is 419. The van der Waals surface area contributed by atoms with E-state index in [2.05, 4.69) is 13.0 Å². The molecule has 0 spiro atoms. The van der Waals surface area contributed by atoms with Crippen LogP contribution >= 0.6 is 0 Å². The first-order valence-electron chi connectivity index (χ1n) is 5.32. The van der Waals surface area contributed by atoms with Crippen LogP contribution in [0.3, 0.4) is 0 Å². The lowest BCUT2D eigenvalue weighted by Gasteiger charge is -2.22. The fourth-order valence-electron chi connectivity index (χ4n) is 2.21. The molecule has 0 saturated carbocycles. The van der Waals surface area contributed by atoms with E-state index in [1.807, 2.05) is 27.7 Å². The molecule has 0 aliphatic carbocycles. The van der Waals surface area contributed by atoms with Gasteiger partial charge in [-0.3, -0.25) is 0 Å². The minimum atomic E-state index is -0.521. The summed E-state index contributed by atoms with van der Waals surface area (Å²) in [6.45, 7) is 9.99. The molecule has 1 aliphatic rings. The number of fused-ring (bicyclic) bond motifs is 1. The smallest absolute Gasteiger partial charge is 0.133 e. The standard InChI is InChI=1S/C13H18O2/c1-7-6-8(2)10-11(9(7)3)15-13(4,5)12(10)14/h6,12,14H,1-5H3. The zero-order chi connectivity index (χ0) is 11.4. The van der Waals surface area contributed by atoms with Crippen molar-refractivity contribution in [2.45, 2.75) is 46.3 Å². The highest BCUT2D eigenvalue weighted by atomic mass is 16.5. The third-order valence-electron chi connectivity index (χ3n) is 3.33. The summed E-state index contributed by atoms with van der Waals surface area (Å²) < 4.78 is 5.85. The molecule has 1 aromatic carbocycles. The Morgan fingerprint density at radius 1 is 1.20 bits per heavy atom. The van der Waals surface area contributed by atoms with Gasteiger partial charge in [0.15, 0.2) is 0 Å². The predicted molar refractivity (Wildman–Crippen MR) is 60.3 cm³/mol. The average molecular weight is 206 g/mol. The van der Waals surface area contributed by atoms with Gasteiger partial charge in [0, 0.05) is 5.56 Å². The Labute approximate surface area is 90.9 Å². The lowest BCUT2D eigenvalue weighted by Crippen LogP contribution is -2.30. The second-order valence-corrected chi connectivity index (χ2v) is 4.99. The van der Waals surface area contributed by atoms with Gasteiger partial charge in [0.2, 0.25) is 0 Å². The van der Waals surface area contributed by atoms with Crippen LogP contribution in [0.25, 0.3) is 0 Å². The highest BCUT2D eigenvalue weighted by Crippen LogP contribution is 2.47. The third-order valence-corrected chi connectivity index (χ3v) is 3.33. The molecule has 0 saturated heterocycles. The number of benzene rings is 1. The molecular weight excluding hydrogens is 188 g/mol. The second kappa shape index (κ2) is 2.99. The molecule has 0 fully saturated rings. The first-order valence-corrected chi connectivity index (χ1v) is 5.32. The minimum absolute atomic E-state index is 0.508. The van der Waals surface area contributed by atoms with E-state index in [1.54, 1.807) is 0 Å². The number of rotatable bonds is 0. The highest BCUT2D eigenvalue weighted by Gasteiger charge is 2.41. The van der Waals surface area contributed by atoms with Gasteiger partial charge in [-0.2, -0.15) is 0 Å². The summed E-state index contributed by atoms with van der Waals surface area (Å²) in [6.07, 6.45) is -0.521. The Balaban J connectivity index is 2.69. The molecule has 0 aromatic heterocycles. The first-order chi connectivity index (χ1) is 6.84. The summed E-state index contributed by atoms with van der Waals surface area (Å²) >= 11 is 0. The summed E-state index contributed by atoms with van der Waals surface area (Å²) in [5.74, 6) is 0.880. The quantitative estimate of drug-likeness (QED) is 0.707. The van der Waals surface area contributed by atoms with Crippen molar-refractivity contribution in [2.75, 3.05) is 0 Å². The summed E-state index contributed by atoms with van der Waals surface area (Å²) in [7, 11) is 0. The normalized spacial score (nSPS) is 22.4. The van der Waals surface area contributed by atoms with Crippen LogP contribution in [-0.4, -0.2) is 10.7 Å². The Morgan fingerprint density at radius 3 is 2.40 bits per heavy atom. The van der Waals surface area contributed by atoms with Gasteiger partial charge in [0.25, 0.3) is 0 Å². The van der Waals surface area contributed by atoms with E-state index >= 15 is 0 Å². The zero-order valence-electron chi connectivity index (χ0n) is 10.0. The van der Waals surface area contributed by atoms with E-state index in [4.69, 9.17) is 4.74 Å². The average Bonchev–Trinajstić information content (AvgIpc) is 2.35. The third kappa shape index (κ3) is 1.36. The SMILES string of the molecule is Cc1cc(C)c2c(c1C)OC(C)(C)C2O. The lowest BCUT2D eigenvalue weighted by molar-refractivity contribution is 0.000141. The molecule has 2 nitrogen and oxygen atoms in total. The molecule has 1 unspecified atom stereocenters. The van der Waals surface area contributed by atoms with Crippen molar-refractivity contribution in [3.8, 4) is 5.75 Å². The van der Waals surface area contributed by atoms with E-state index in [-0.39, 0.29) is 0 Å². The molecule has 0 amide bonds. The Kier molecular flexibility index (Phi) is 2.09. The van der Waals surface area contributed by atoms with Gasteiger partial charge in [-0.05, 0) is 51.3 Å². The van der Waals surface area contributed by atoms with Crippen molar-refractivity contribution >= 4 is 0 Å². The van der Waals surface area contributed by atoms with Gasteiger partial charge in [-0.15, -0.1) is 0 Å². The van der Waals surface area contributed by atoms with Crippen LogP contribution in [0.15, 0.2) is 6.07 Å². The molecule has 2 heteroatoms. The summed E-state index contributed by atoms with van der Waals surface area (Å²) in [5.41, 5.74) is 3.93. The number of aryl methyl sites for hydroxylation is 2. The van der Waals surface area contributed by atoms with Gasteiger partial charge >= 0.3 is 0 Å². The van der Waals surface area contributed by atoms with Crippen molar-refractivity contribution in [3.05, 3.63) is 28.3 Å². The zero-order valence-corrected chi connectivity index (χ0v) is 10.0. The molecule has 1 aliphatic heterocycles. The van der Waals surface area contributed by atoms with Gasteiger partial charge in [-0.25, -0.2) is 0 Å². The first kappa shape index (κ1) is 10.5. The number of hydrogen-bond donors (Lipinski definition) is 1. The molecular formula is C13H18O2. The summed E-state index contributed by atoms with van der Waals surface area (Å²) in [4.78, 5) is 0. The van der Waals surface area contributed by atoms with Crippen LogP contribution in [0, 0.1) is 20.8 Å². The van der Waals surface area contributed by atoms with E-state index < -0.39 is 11.7 Å². The van der Waals surface area contributed by atoms with Crippen LogP contribution in [0.5, 0.6) is 5.75 Å². The topological polar surface area (TPSA) is 29.5 Å². The molecule has 15 heavy (non-hydrogen) atoms. The molecule has 1 heterocycles. The maximum Gasteiger partial charge on any atom is 0.133 e. The van der Waals surface area contributed by atoms with Crippen LogP contribution in [0.1, 0.15) is 42.2 Å². The van der Waals surface area contributed by atoms with Crippen molar-refractivity contribution in [2.24, 2.45) is 0 Å². The fourth-order valence-corrected chi connectivity index (χ4v) is 2.21. The maximum atomic E-state index is 10.2. The van der Waals surface area contributed by atoms with Crippen LogP contribution in [0.4, 0.5) is 0 Å². The van der Waals surface area contributed by atoms with Gasteiger partial charge in [0.05, 0.1) is 0 Å². The second-order valence-electron chi connectivity index (χ2n) is 4.99. The minimum Gasteiger partial charge on any atom is -0.484 e. The van der Waals surface area contributed by atoms with Gasteiger partial charge in [0.1, 0.15) is 17.5 Å². The molecule has 2 rings (SSSR count). The fraction of sp³-hybridized carbons (Fsp3) is 0.538.